The van der Waals surface area contributed by atoms with Crippen molar-refractivity contribution in [1.82, 2.24) is 20.6 Å². The summed E-state index contributed by atoms with van der Waals surface area (Å²) in [4.78, 5) is 34.9. The van der Waals surface area contributed by atoms with Gasteiger partial charge in [0.1, 0.15) is 0 Å². The van der Waals surface area contributed by atoms with Gasteiger partial charge in [-0.15, -0.1) is 0 Å². The summed E-state index contributed by atoms with van der Waals surface area (Å²) in [6.07, 6.45) is 1.31. The van der Waals surface area contributed by atoms with Crippen LogP contribution in [0.25, 0.3) is 18.5 Å². The van der Waals surface area contributed by atoms with E-state index < -0.39 is 10.8 Å². The van der Waals surface area contributed by atoms with Crippen LogP contribution in [-0.4, -0.2) is 20.6 Å². The van der Waals surface area contributed by atoms with Crippen LogP contribution < -0.4 is 27.0 Å². The Balaban J connectivity index is 1.81. The molecule has 0 aliphatic rings. The molecule has 9 heteroatoms. The number of rotatable bonds is 5. The number of nitrogens with zero attached hydrogens (tertiary/aromatic N) is 2. The van der Waals surface area contributed by atoms with Gasteiger partial charge in [0.25, 0.3) is 17.2 Å². The van der Waals surface area contributed by atoms with E-state index >= 15 is 0 Å². The van der Waals surface area contributed by atoms with Crippen LogP contribution in [0.5, 0.6) is 0 Å². The number of aromatic nitrogens is 2. The Labute approximate surface area is 158 Å². The molecule has 0 unspecified atom stereocenters. The Kier molecular flexibility index (Phi) is 5.07. The van der Waals surface area contributed by atoms with Crippen LogP contribution in [0.3, 0.4) is 0 Å². The highest BCUT2D eigenvalue weighted by Crippen LogP contribution is 2.12. The second-order valence-electron chi connectivity index (χ2n) is 6.03. The Hall–Kier alpha value is -4.14. The Bertz CT molecular complexity index is 1230. The fourth-order valence-corrected chi connectivity index (χ4v) is 2.60. The lowest BCUT2D eigenvalue weighted by molar-refractivity contribution is -0.384. The minimum absolute atomic E-state index is 0.108. The summed E-state index contributed by atoms with van der Waals surface area (Å²) in [5.74, 6) is -0.583. The summed E-state index contributed by atoms with van der Waals surface area (Å²) in [7, 11) is 0. The maximum absolute atomic E-state index is 12.6. The number of benzene rings is 2. The zero-order chi connectivity index (χ0) is 20.3. The van der Waals surface area contributed by atoms with Crippen LogP contribution in [0.4, 0.5) is 5.69 Å². The molecule has 3 aromatic rings. The zero-order valence-electron chi connectivity index (χ0n) is 14.9. The molecule has 2 aromatic carbocycles. The van der Waals surface area contributed by atoms with Gasteiger partial charge in [-0.2, -0.15) is 0 Å². The van der Waals surface area contributed by atoms with E-state index in [0.717, 1.165) is 11.6 Å². The first-order valence-corrected chi connectivity index (χ1v) is 8.24. The van der Waals surface area contributed by atoms with Crippen LogP contribution >= 0.6 is 0 Å². The smallest absolute Gasteiger partial charge is 0.280 e. The molecule has 0 saturated heterocycles. The molecule has 142 valence electrons. The summed E-state index contributed by atoms with van der Waals surface area (Å²) in [6, 6.07) is 12.7. The highest BCUT2D eigenvalue weighted by Gasteiger charge is 2.11. The van der Waals surface area contributed by atoms with Crippen molar-refractivity contribution >= 4 is 24.4 Å². The molecule has 0 bridgehead atoms. The van der Waals surface area contributed by atoms with Crippen LogP contribution in [0.2, 0.25) is 0 Å². The normalized spacial score (nSPS) is 11.2. The first kappa shape index (κ1) is 18.6. The van der Waals surface area contributed by atoms with Gasteiger partial charge in [0.2, 0.25) is 0 Å². The first-order valence-electron chi connectivity index (χ1n) is 8.24. The molecule has 1 aromatic heterocycles. The number of H-pyrrole nitrogens is 1. The second kappa shape index (κ2) is 7.62. The minimum atomic E-state index is -0.584. The van der Waals surface area contributed by atoms with Gasteiger partial charge in [0, 0.05) is 23.9 Å². The van der Waals surface area contributed by atoms with Crippen molar-refractivity contribution in [1.29, 1.82) is 0 Å². The van der Waals surface area contributed by atoms with Crippen LogP contribution in [0, 0.1) is 17.0 Å². The molecule has 0 saturated carbocycles. The Morgan fingerprint density at radius 1 is 1.25 bits per heavy atom. The molecule has 0 fully saturated rings. The van der Waals surface area contributed by atoms with Crippen molar-refractivity contribution < 1.29 is 9.72 Å². The third-order valence-corrected chi connectivity index (χ3v) is 3.99. The Morgan fingerprint density at radius 2 is 2.00 bits per heavy atom. The molecule has 0 radical (unpaired) electrons. The van der Waals surface area contributed by atoms with E-state index in [4.69, 9.17) is 0 Å². The molecule has 28 heavy (non-hydrogen) atoms. The van der Waals surface area contributed by atoms with Gasteiger partial charge in [0.05, 0.1) is 21.2 Å². The number of aromatic amines is 1. The third-order valence-electron chi connectivity index (χ3n) is 3.99. The maximum Gasteiger partial charge on any atom is 0.280 e. The fourth-order valence-electron chi connectivity index (χ4n) is 2.60. The molecular weight excluding hydrogens is 362 g/mol. The van der Waals surface area contributed by atoms with Crippen molar-refractivity contribution in [3.63, 3.8) is 0 Å². The van der Waals surface area contributed by atoms with Gasteiger partial charge in [0.15, 0.2) is 0 Å². The number of nitro benzene ring substituents is 1. The lowest BCUT2D eigenvalue weighted by atomic mass is 10.2. The highest BCUT2D eigenvalue weighted by atomic mass is 16.6. The lowest BCUT2D eigenvalue weighted by Crippen LogP contribution is -2.41. The number of aryl methyl sites for hydroxylation is 1. The van der Waals surface area contributed by atoms with Crippen molar-refractivity contribution in [2.24, 2.45) is 0 Å². The van der Waals surface area contributed by atoms with Crippen LogP contribution in [0.15, 0.2) is 53.3 Å². The maximum atomic E-state index is 12.6. The van der Waals surface area contributed by atoms with E-state index in [-0.39, 0.29) is 22.0 Å². The lowest BCUT2D eigenvalue weighted by Gasteiger charge is -2.03. The number of non-ortho nitro benzene ring substituents is 1. The summed E-state index contributed by atoms with van der Waals surface area (Å²) in [6.45, 7) is 5.72. The number of hydrogen-bond donors (Lipinski definition) is 3. The van der Waals surface area contributed by atoms with E-state index in [0.29, 0.717) is 11.0 Å². The van der Waals surface area contributed by atoms with Crippen molar-refractivity contribution in [3.05, 3.63) is 90.7 Å². The standard InChI is InChI=1S/C19H17N5O4/c1-12-5-3-7-15(9-12)23-19(26)17(13(2)22-23)11-20-21-18(25)14-6-4-8-16(10-14)24(27)28/h3-11,20,22H,2H2,1H3,(H,21,25). The molecule has 1 amide bonds. The number of carbonyl (C=O) groups excluding carboxylic acids is 1. The first-order chi connectivity index (χ1) is 13.4. The minimum Gasteiger partial charge on any atom is -0.305 e. The summed E-state index contributed by atoms with van der Waals surface area (Å²) in [5, 5.41) is 14.3. The number of hydrogen-bond acceptors (Lipinski definition) is 5. The molecule has 0 aliphatic heterocycles. The SMILES string of the molecule is C=c1[nH]n(-c2cccc(C)c2)c(=O)c1=CNNC(=O)c1cccc([N+](=O)[O-])c1. The average Bonchev–Trinajstić information content (AvgIpc) is 2.96. The van der Waals surface area contributed by atoms with E-state index in [1.807, 2.05) is 25.1 Å². The van der Waals surface area contributed by atoms with Gasteiger partial charge in [-0.1, -0.05) is 24.8 Å². The van der Waals surface area contributed by atoms with E-state index in [2.05, 4.69) is 22.5 Å². The second-order valence-corrected chi connectivity index (χ2v) is 6.03. The van der Waals surface area contributed by atoms with Gasteiger partial charge in [-0.05, 0) is 30.7 Å². The van der Waals surface area contributed by atoms with Crippen molar-refractivity contribution in [2.45, 2.75) is 6.92 Å². The summed E-state index contributed by atoms with van der Waals surface area (Å²) >= 11 is 0. The topological polar surface area (TPSA) is 122 Å². The highest BCUT2D eigenvalue weighted by molar-refractivity contribution is 5.94. The molecule has 1 heterocycles. The zero-order valence-corrected chi connectivity index (χ0v) is 14.9. The van der Waals surface area contributed by atoms with Crippen molar-refractivity contribution in [3.8, 4) is 5.69 Å². The predicted octanol–water partition coefficient (Wildman–Crippen LogP) is 0.465. The van der Waals surface area contributed by atoms with E-state index in [1.54, 1.807) is 6.07 Å². The number of carbonyl (C=O) groups is 1. The third kappa shape index (κ3) is 3.83. The molecule has 9 nitrogen and oxygen atoms in total. The van der Waals surface area contributed by atoms with Crippen LogP contribution in [0.1, 0.15) is 15.9 Å². The predicted molar refractivity (Wildman–Crippen MR) is 104 cm³/mol. The number of amides is 1. The van der Waals surface area contributed by atoms with Gasteiger partial charge in [-0.3, -0.25) is 30.2 Å². The Morgan fingerprint density at radius 3 is 2.71 bits per heavy atom. The molecular formula is C19H17N5O4. The monoisotopic (exact) mass is 379 g/mol. The van der Waals surface area contributed by atoms with Gasteiger partial charge in [-0.25, -0.2) is 4.68 Å². The van der Waals surface area contributed by atoms with E-state index in [1.165, 1.54) is 29.1 Å². The summed E-state index contributed by atoms with van der Waals surface area (Å²) < 4.78 is 1.35. The fraction of sp³-hybridized carbons (Fsp3) is 0.0526. The van der Waals surface area contributed by atoms with Crippen LogP contribution in [-0.2, 0) is 0 Å². The van der Waals surface area contributed by atoms with Gasteiger partial charge < -0.3 is 5.43 Å². The van der Waals surface area contributed by atoms with E-state index in [9.17, 15) is 19.7 Å². The molecule has 0 spiro atoms. The number of nitrogens with one attached hydrogen (secondary N) is 3. The molecule has 0 aliphatic carbocycles. The van der Waals surface area contributed by atoms with Gasteiger partial charge >= 0.3 is 0 Å². The van der Waals surface area contributed by atoms with Crippen molar-refractivity contribution in [2.75, 3.05) is 0 Å². The number of nitro groups is 1. The average molecular weight is 379 g/mol. The molecule has 0 atom stereocenters. The number of hydrazine groups is 1. The summed E-state index contributed by atoms with van der Waals surface area (Å²) in [5.41, 5.74) is 6.14. The molecule has 3 N–H and O–H groups in total. The largest absolute Gasteiger partial charge is 0.305 e. The quantitative estimate of drug-likeness (QED) is 0.439. The molecule has 3 rings (SSSR count).